The zero-order valence-corrected chi connectivity index (χ0v) is 10.6. The number of nitrogen functional groups attached to an aromatic ring is 1. The van der Waals surface area contributed by atoms with E-state index < -0.39 is 0 Å². The number of nitrogens with two attached hydrogens (primary N) is 1. The maximum absolute atomic E-state index is 12.0. The second-order valence-electron chi connectivity index (χ2n) is 4.04. The quantitative estimate of drug-likeness (QED) is 0.771. The first-order valence-corrected chi connectivity index (χ1v) is 6.08. The number of carbonyl (C=O) groups is 1. The molecule has 1 aromatic rings. The predicted molar refractivity (Wildman–Crippen MR) is 72.0 cm³/mol. The highest BCUT2D eigenvalue weighted by atomic mass is 16.2. The van der Waals surface area contributed by atoms with Gasteiger partial charge in [-0.05, 0) is 31.0 Å². The van der Waals surface area contributed by atoms with Crippen LogP contribution in [0.1, 0.15) is 26.7 Å². The van der Waals surface area contributed by atoms with Crippen molar-refractivity contribution in [3.05, 3.63) is 24.3 Å². The van der Waals surface area contributed by atoms with Crippen molar-refractivity contribution in [3.8, 4) is 0 Å². The van der Waals surface area contributed by atoms with Crippen molar-refractivity contribution in [2.24, 2.45) is 0 Å². The van der Waals surface area contributed by atoms with Crippen LogP contribution in [0.3, 0.4) is 0 Å². The van der Waals surface area contributed by atoms with Crippen LogP contribution in [0.4, 0.5) is 16.2 Å². The summed E-state index contributed by atoms with van der Waals surface area (Å²) in [6.07, 6.45) is 1.93. The summed E-state index contributed by atoms with van der Waals surface area (Å²) in [4.78, 5) is 13.8. The number of amides is 2. The molecule has 17 heavy (non-hydrogen) atoms. The van der Waals surface area contributed by atoms with Gasteiger partial charge >= 0.3 is 6.03 Å². The van der Waals surface area contributed by atoms with E-state index in [0.717, 1.165) is 31.6 Å². The van der Waals surface area contributed by atoms with Crippen LogP contribution in [0.25, 0.3) is 0 Å². The highest BCUT2D eigenvalue weighted by Crippen LogP contribution is 2.12. The number of rotatable bonds is 5. The Morgan fingerprint density at radius 1 is 1.29 bits per heavy atom. The molecule has 1 rings (SSSR count). The summed E-state index contributed by atoms with van der Waals surface area (Å²) in [5.74, 6) is 0. The molecule has 0 atom stereocenters. The molecule has 1 aromatic carbocycles. The van der Waals surface area contributed by atoms with Gasteiger partial charge in [-0.2, -0.15) is 0 Å². The fourth-order valence-electron chi connectivity index (χ4n) is 1.67. The van der Waals surface area contributed by atoms with E-state index >= 15 is 0 Å². The fraction of sp³-hybridized carbons (Fsp3) is 0.462. The molecule has 0 aromatic heterocycles. The molecule has 0 saturated carbocycles. The van der Waals surface area contributed by atoms with Crippen LogP contribution in [0, 0.1) is 0 Å². The zero-order chi connectivity index (χ0) is 12.7. The van der Waals surface area contributed by atoms with Gasteiger partial charge in [0.05, 0.1) is 0 Å². The van der Waals surface area contributed by atoms with Gasteiger partial charge in [-0.1, -0.05) is 19.9 Å². The maximum Gasteiger partial charge on any atom is 0.321 e. The number of hydrogen-bond acceptors (Lipinski definition) is 2. The Balaban J connectivity index is 2.62. The van der Waals surface area contributed by atoms with Crippen LogP contribution in [0.2, 0.25) is 0 Å². The first-order valence-electron chi connectivity index (χ1n) is 6.08. The molecule has 2 amide bonds. The third-order valence-corrected chi connectivity index (χ3v) is 2.41. The molecule has 0 unspecified atom stereocenters. The van der Waals surface area contributed by atoms with Gasteiger partial charge in [0.2, 0.25) is 0 Å². The second-order valence-corrected chi connectivity index (χ2v) is 4.04. The Kier molecular flexibility index (Phi) is 5.33. The van der Waals surface area contributed by atoms with Crippen molar-refractivity contribution in [2.75, 3.05) is 24.1 Å². The van der Waals surface area contributed by atoms with Gasteiger partial charge in [-0.15, -0.1) is 0 Å². The topological polar surface area (TPSA) is 58.4 Å². The van der Waals surface area contributed by atoms with Crippen LogP contribution in [0.5, 0.6) is 0 Å². The van der Waals surface area contributed by atoms with Crippen molar-refractivity contribution < 1.29 is 4.79 Å². The van der Waals surface area contributed by atoms with Gasteiger partial charge in [0.25, 0.3) is 0 Å². The molecular formula is C13H21N3O. The first-order chi connectivity index (χ1) is 8.17. The molecule has 94 valence electrons. The highest BCUT2D eigenvalue weighted by molar-refractivity contribution is 5.89. The molecule has 0 radical (unpaired) electrons. The molecule has 0 aliphatic rings. The van der Waals surface area contributed by atoms with E-state index in [1.165, 1.54) is 0 Å². The van der Waals surface area contributed by atoms with E-state index in [9.17, 15) is 4.79 Å². The molecule has 0 heterocycles. The van der Waals surface area contributed by atoms with Gasteiger partial charge < -0.3 is 16.0 Å². The van der Waals surface area contributed by atoms with E-state index in [1.807, 2.05) is 17.0 Å². The predicted octanol–water partition coefficient (Wildman–Crippen LogP) is 2.92. The van der Waals surface area contributed by atoms with Crippen LogP contribution in [0.15, 0.2) is 24.3 Å². The second kappa shape index (κ2) is 6.78. The summed E-state index contributed by atoms with van der Waals surface area (Å²) < 4.78 is 0. The van der Waals surface area contributed by atoms with Gasteiger partial charge in [-0.25, -0.2) is 4.79 Å². The van der Waals surface area contributed by atoms with Gasteiger partial charge in [-0.3, -0.25) is 0 Å². The average molecular weight is 235 g/mol. The number of anilines is 2. The smallest absolute Gasteiger partial charge is 0.321 e. The minimum absolute atomic E-state index is 0.0562. The molecule has 4 heteroatoms. The lowest BCUT2D eigenvalue weighted by Gasteiger charge is -2.21. The molecular weight excluding hydrogens is 214 g/mol. The van der Waals surface area contributed by atoms with Crippen LogP contribution < -0.4 is 11.1 Å². The van der Waals surface area contributed by atoms with Crippen molar-refractivity contribution in [3.63, 3.8) is 0 Å². The van der Waals surface area contributed by atoms with E-state index in [4.69, 9.17) is 5.73 Å². The van der Waals surface area contributed by atoms with Gasteiger partial charge in [0.15, 0.2) is 0 Å². The Morgan fingerprint density at radius 3 is 2.47 bits per heavy atom. The standard InChI is InChI=1S/C13H21N3O/c1-3-8-16(9-4-2)13(17)15-12-7-5-6-11(14)10-12/h5-7,10H,3-4,8-9,14H2,1-2H3,(H,15,17). The molecule has 0 saturated heterocycles. The fourth-order valence-corrected chi connectivity index (χ4v) is 1.67. The van der Waals surface area contributed by atoms with E-state index in [0.29, 0.717) is 5.69 Å². The largest absolute Gasteiger partial charge is 0.399 e. The number of hydrogen-bond donors (Lipinski definition) is 2. The molecule has 0 aliphatic heterocycles. The number of carbonyl (C=O) groups excluding carboxylic acids is 1. The third kappa shape index (κ3) is 4.34. The molecule has 0 aliphatic carbocycles. The average Bonchev–Trinajstić information content (AvgIpc) is 2.28. The molecule has 0 fully saturated rings. The summed E-state index contributed by atoms with van der Waals surface area (Å²) in [5, 5.41) is 2.86. The van der Waals surface area contributed by atoms with E-state index in [1.54, 1.807) is 12.1 Å². The van der Waals surface area contributed by atoms with Crippen molar-refractivity contribution >= 4 is 17.4 Å². The Morgan fingerprint density at radius 2 is 1.94 bits per heavy atom. The Hall–Kier alpha value is -1.71. The molecule has 0 spiro atoms. The molecule has 0 bridgehead atoms. The summed E-state index contributed by atoms with van der Waals surface area (Å²) in [5.41, 5.74) is 7.06. The number of nitrogens with zero attached hydrogens (tertiary/aromatic N) is 1. The van der Waals surface area contributed by atoms with Crippen molar-refractivity contribution in [1.29, 1.82) is 0 Å². The monoisotopic (exact) mass is 235 g/mol. The maximum atomic E-state index is 12.0. The summed E-state index contributed by atoms with van der Waals surface area (Å²) >= 11 is 0. The van der Waals surface area contributed by atoms with Gasteiger partial charge in [0, 0.05) is 24.5 Å². The van der Waals surface area contributed by atoms with Crippen molar-refractivity contribution in [1.82, 2.24) is 4.90 Å². The lowest BCUT2D eigenvalue weighted by Crippen LogP contribution is -2.36. The van der Waals surface area contributed by atoms with E-state index in [2.05, 4.69) is 19.2 Å². The summed E-state index contributed by atoms with van der Waals surface area (Å²) in [6, 6.07) is 7.16. The third-order valence-electron chi connectivity index (χ3n) is 2.41. The Bertz CT molecular complexity index is 359. The van der Waals surface area contributed by atoms with Crippen LogP contribution in [-0.2, 0) is 0 Å². The minimum Gasteiger partial charge on any atom is -0.399 e. The minimum atomic E-state index is -0.0562. The highest BCUT2D eigenvalue weighted by Gasteiger charge is 2.11. The zero-order valence-electron chi connectivity index (χ0n) is 10.6. The number of urea groups is 1. The van der Waals surface area contributed by atoms with Gasteiger partial charge in [0.1, 0.15) is 0 Å². The SMILES string of the molecule is CCCN(CCC)C(=O)Nc1cccc(N)c1. The molecule has 4 nitrogen and oxygen atoms in total. The lowest BCUT2D eigenvalue weighted by molar-refractivity contribution is 0.211. The summed E-state index contributed by atoms with van der Waals surface area (Å²) in [7, 11) is 0. The van der Waals surface area contributed by atoms with E-state index in [-0.39, 0.29) is 6.03 Å². The Labute approximate surface area is 103 Å². The van der Waals surface area contributed by atoms with Crippen LogP contribution in [-0.4, -0.2) is 24.0 Å². The van der Waals surface area contributed by atoms with Crippen LogP contribution >= 0.6 is 0 Å². The number of nitrogens with one attached hydrogen (secondary N) is 1. The number of benzene rings is 1. The molecule has 3 N–H and O–H groups in total. The summed E-state index contributed by atoms with van der Waals surface area (Å²) in [6.45, 7) is 5.69. The lowest BCUT2D eigenvalue weighted by atomic mass is 10.3. The normalized spacial score (nSPS) is 10.0. The van der Waals surface area contributed by atoms with Crippen molar-refractivity contribution in [2.45, 2.75) is 26.7 Å². The first kappa shape index (κ1) is 13.4.